The summed E-state index contributed by atoms with van der Waals surface area (Å²) in [6.07, 6.45) is 1.88. The van der Waals surface area contributed by atoms with Gasteiger partial charge in [0.1, 0.15) is 6.04 Å². The molecule has 33 heavy (non-hydrogen) atoms. The lowest BCUT2D eigenvalue weighted by Gasteiger charge is -2.35. The standard InChI is InChI=1S/C19H21N3O2S.C4H4O4/c1-20-8-10-21(11-9-20)17-12-14-4-2-3-5-18(14)25-19-7-6-15(22(23)24)13-16(17)19;5-3(6)1-2-4(7)8/h2-7,13,17H,8-12H2,1H3;1-2H,(H,5,6)(H,7,8)/b;2-1-. The molecule has 2 aromatic carbocycles. The number of carboxylic acid groups (broad SMARTS) is 2. The molecule has 0 spiro atoms. The minimum Gasteiger partial charge on any atom is -0.545 e. The number of carboxylic acids is 2. The van der Waals surface area contributed by atoms with Crippen molar-refractivity contribution in [2.75, 3.05) is 33.2 Å². The van der Waals surface area contributed by atoms with Crippen LogP contribution in [0.4, 0.5) is 5.69 Å². The Morgan fingerprint density at radius 1 is 1.15 bits per heavy atom. The molecule has 2 N–H and O–H groups in total. The van der Waals surface area contributed by atoms with Crippen molar-refractivity contribution in [1.82, 2.24) is 4.90 Å². The molecular weight excluding hydrogens is 446 g/mol. The molecule has 2 aromatic rings. The number of nitro groups is 1. The number of aliphatic carboxylic acids is 2. The zero-order valence-corrected chi connectivity index (χ0v) is 18.9. The maximum Gasteiger partial charge on any atom is 0.328 e. The van der Waals surface area contributed by atoms with Gasteiger partial charge in [-0.25, -0.2) is 4.79 Å². The van der Waals surface area contributed by atoms with E-state index in [1.165, 1.54) is 15.4 Å². The highest BCUT2D eigenvalue weighted by atomic mass is 32.2. The summed E-state index contributed by atoms with van der Waals surface area (Å²) in [4.78, 5) is 36.3. The second kappa shape index (κ2) is 11.1. The van der Waals surface area contributed by atoms with Crippen LogP contribution >= 0.6 is 11.8 Å². The van der Waals surface area contributed by atoms with Crippen molar-refractivity contribution >= 4 is 29.4 Å². The molecule has 2 aliphatic heterocycles. The summed E-state index contributed by atoms with van der Waals surface area (Å²) in [5.41, 5.74) is 2.68. The molecule has 0 bridgehead atoms. The number of benzene rings is 2. The van der Waals surface area contributed by atoms with Crippen LogP contribution < -0.4 is 10.0 Å². The van der Waals surface area contributed by atoms with Crippen LogP contribution in [0.2, 0.25) is 0 Å². The first-order valence-electron chi connectivity index (χ1n) is 10.4. The Bertz CT molecular complexity index is 1050. The zero-order valence-electron chi connectivity index (χ0n) is 18.1. The fraction of sp³-hybridized carbons (Fsp3) is 0.304. The summed E-state index contributed by atoms with van der Waals surface area (Å²) in [6.45, 7) is 4.31. The molecule has 0 aromatic heterocycles. The fourth-order valence-corrected chi connectivity index (χ4v) is 5.11. The van der Waals surface area contributed by atoms with E-state index in [1.807, 2.05) is 12.1 Å². The van der Waals surface area contributed by atoms with Crippen LogP contribution in [0.25, 0.3) is 0 Å². The largest absolute Gasteiger partial charge is 0.545 e. The zero-order chi connectivity index (χ0) is 24.0. The summed E-state index contributed by atoms with van der Waals surface area (Å²) >= 11 is 1.75. The third-order valence-electron chi connectivity index (χ3n) is 5.68. The monoisotopic (exact) mass is 471 g/mol. The Morgan fingerprint density at radius 2 is 1.85 bits per heavy atom. The summed E-state index contributed by atoms with van der Waals surface area (Å²) in [5, 5.41) is 28.5. The van der Waals surface area contributed by atoms with E-state index in [-0.39, 0.29) is 16.7 Å². The summed E-state index contributed by atoms with van der Waals surface area (Å²) in [7, 11) is 2.16. The second-order valence-electron chi connectivity index (χ2n) is 7.90. The number of likely N-dealkylation sites (N-methyl/N-ethyl adjacent to an activating group) is 1. The minimum atomic E-state index is -1.51. The molecule has 174 valence electrons. The van der Waals surface area contributed by atoms with Crippen molar-refractivity contribution < 1.29 is 29.6 Å². The SMILES string of the molecule is CN1CC[NH+](C2Cc3ccccc3Sc3ccc([N+](=O)[O-])cc32)CC1.O=C([O-])/C=C\C(=O)O. The third kappa shape index (κ3) is 6.64. The van der Waals surface area contributed by atoms with E-state index in [9.17, 15) is 24.8 Å². The molecule has 1 unspecified atom stereocenters. The predicted octanol–water partition coefficient (Wildman–Crippen LogP) is 0.551. The van der Waals surface area contributed by atoms with Crippen LogP contribution in [0.15, 0.2) is 64.4 Å². The van der Waals surface area contributed by atoms with E-state index in [0.717, 1.165) is 43.1 Å². The maximum absolute atomic E-state index is 11.3. The van der Waals surface area contributed by atoms with Gasteiger partial charge in [0.25, 0.3) is 5.69 Å². The van der Waals surface area contributed by atoms with Gasteiger partial charge in [-0.2, -0.15) is 0 Å². The van der Waals surface area contributed by atoms with Crippen LogP contribution in [-0.4, -0.2) is 60.1 Å². The second-order valence-corrected chi connectivity index (χ2v) is 8.98. The highest BCUT2D eigenvalue weighted by Crippen LogP contribution is 2.41. The number of carbonyl (C=O) groups is 2. The van der Waals surface area contributed by atoms with Crippen molar-refractivity contribution in [3.8, 4) is 0 Å². The number of nitrogens with zero attached hydrogens (tertiary/aromatic N) is 2. The number of fused-ring (bicyclic) bond motifs is 2. The molecule has 1 fully saturated rings. The number of quaternary nitrogens is 1. The van der Waals surface area contributed by atoms with Gasteiger partial charge in [-0.1, -0.05) is 30.0 Å². The molecular formula is C23H25N3O6S. The molecule has 0 saturated carbocycles. The molecule has 0 amide bonds. The Morgan fingerprint density at radius 3 is 2.45 bits per heavy atom. The van der Waals surface area contributed by atoms with Crippen molar-refractivity contribution in [3.63, 3.8) is 0 Å². The van der Waals surface area contributed by atoms with Crippen LogP contribution in [0, 0.1) is 10.1 Å². The molecule has 1 saturated heterocycles. The Kier molecular flexibility index (Phi) is 8.21. The Hall–Kier alpha value is -3.21. The Balaban J connectivity index is 0.000000331. The van der Waals surface area contributed by atoms with Gasteiger partial charge in [0.2, 0.25) is 0 Å². The molecule has 2 heterocycles. The molecule has 9 nitrogen and oxygen atoms in total. The fourth-order valence-electron chi connectivity index (χ4n) is 3.99. The van der Waals surface area contributed by atoms with Crippen molar-refractivity contribution in [2.24, 2.45) is 0 Å². The molecule has 2 aliphatic rings. The van der Waals surface area contributed by atoms with E-state index >= 15 is 0 Å². The van der Waals surface area contributed by atoms with E-state index in [4.69, 9.17) is 5.11 Å². The van der Waals surface area contributed by atoms with E-state index < -0.39 is 11.9 Å². The molecule has 10 heteroatoms. The summed E-state index contributed by atoms with van der Waals surface area (Å²) in [6, 6.07) is 14.2. The maximum atomic E-state index is 11.3. The number of non-ortho nitro benzene ring substituents is 1. The first kappa shape index (κ1) is 24.4. The summed E-state index contributed by atoms with van der Waals surface area (Å²) in [5.74, 6) is -2.80. The Labute approximate surface area is 195 Å². The van der Waals surface area contributed by atoms with E-state index in [0.29, 0.717) is 12.2 Å². The number of piperazine rings is 1. The number of hydrogen-bond acceptors (Lipinski definition) is 7. The van der Waals surface area contributed by atoms with Crippen LogP contribution in [-0.2, 0) is 16.0 Å². The number of nitrogens with one attached hydrogen (secondary N) is 1. The van der Waals surface area contributed by atoms with E-state index in [2.05, 4.69) is 36.2 Å². The quantitative estimate of drug-likeness (QED) is 0.376. The highest BCUT2D eigenvalue weighted by Gasteiger charge is 2.33. The smallest absolute Gasteiger partial charge is 0.328 e. The lowest BCUT2D eigenvalue weighted by atomic mass is 9.96. The number of carbonyl (C=O) groups excluding carboxylic acids is 1. The first-order valence-corrected chi connectivity index (χ1v) is 11.3. The van der Waals surface area contributed by atoms with Crippen molar-refractivity contribution in [3.05, 3.63) is 75.9 Å². The van der Waals surface area contributed by atoms with Gasteiger partial charge in [0.15, 0.2) is 0 Å². The van der Waals surface area contributed by atoms with E-state index in [1.54, 1.807) is 17.8 Å². The molecule has 0 aliphatic carbocycles. The van der Waals surface area contributed by atoms with Crippen LogP contribution in [0.3, 0.4) is 0 Å². The van der Waals surface area contributed by atoms with Crippen LogP contribution in [0.5, 0.6) is 0 Å². The van der Waals surface area contributed by atoms with Gasteiger partial charge >= 0.3 is 5.97 Å². The normalized spacial score (nSPS) is 18.4. The highest BCUT2D eigenvalue weighted by molar-refractivity contribution is 7.99. The third-order valence-corrected chi connectivity index (χ3v) is 6.89. The van der Waals surface area contributed by atoms with Crippen molar-refractivity contribution in [1.29, 1.82) is 0 Å². The molecule has 4 rings (SSSR count). The topological polar surface area (TPSA) is 128 Å². The van der Waals surface area contributed by atoms with Gasteiger partial charge in [-0.15, -0.1) is 0 Å². The lowest BCUT2D eigenvalue weighted by molar-refractivity contribution is -0.935. The predicted molar refractivity (Wildman–Crippen MR) is 120 cm³/mol. The lowest BCUT2D eigenvalue weighted by Crippen LogP contribution is -3.15. The number of rotatable bonds is 4. The minimum absolute atomic E-state index is 0.198. The van der Waals surface area contributed by atoms with Crippen LogP contribution in [0.1, 0.15) is 17.2 Å². The molecule has 1 atom stereocenters. The first-order chi connectivity index (χ1) is 15.7. The van der Waals surface area contributed by atoms with Gasteiger partial charge in [-0.3, -0.25) is 15.0 Å². The summed E-state index contributed by atoms with van der Waals surface area (Å²) < 4.78 is 0. The number of hydrogen-bond donors (Lipinski definition) is 2. The number of nitro benzene ring substituents is 1. The average Bonchev–Trinajstić information content (AvgIpc) is 2.95. The van der Waals surface area contributed by atoms with Gasteiger partial charge in [0.05, 0.1) is 24.0 Å². The van der Waals surface area contributed by atoms with Crippen molar-refractivity contribution in [2.45, 2.75) is 22.3 Å². The van der Waals surface area contributed by atoms with Gasteiger partial charge in [0, 0.05) is 53.1 Å². The average molecular weight is 472 g/mol. The molecule has 0 radical (unpaired) electrons. The van der Waals surface area contributed by atoms with Gasteiger partial charge < -0.3 is 19.9 Å². The van der Waals surface area contributed by atoms with Gasteiger partial charge in [-0.05, 0) is 30.8 Å².